The molecule has 132 valence electrons. The highest BCUT2D eigenvalue weighted by Gasteiger charge is 2.28. The molecule has 0 saturated heterocycles. The minimum atomic E-state index is 0.114. The lowest BCUT2D eigenvalue weighted by atomic mass is 9.77. The van der Waals surface area contributed by atoms with Crippen LogP contribution in [-0.4, -0.2) is 11.9 Å². The van der Waals surface area contributed by atoms with Gasteiger partial charge < -0.3 is 4.74 Å². The second-order valence-electron chi connectivity index (χ2n) is 8.14. The molecule has 0 saturated carbocycles. The van der Waals surface area contributed by atoms with Crippen LogP contribution in [-0.2, 0) is 0 Å². The fourth-order valence-electron chi connectivity index (χ4n) is 3.15. The molecule has 25 heavy (non-hydrogen) atoms. The molecule has 0 aliphatic carbocycles. The summed E-state index contributed by atoms with van der Waals surface area (Å²) in [6, 6.07) is 17.9. The normalized spacial score (nSPS) is 11.8. The molecule has 0 aliphatic rings. The molecular formula is C22H26BrNO. The molecule has 2 rings (SSSR count). The topological polar surface area (TPSA) is 33.0 Å². The van der Waals surface area contributed by atoms with Gasteiger partial charge in [0.15, 0.2) is 0 Å². The quantitative estimate of drug-likeness (QED) is 0.501. The van der Waals surface area contributed by atoms with E-state index in [0.717, 1.165) is 28.6 Å². The van der Waals surface area contributed by atoms with Crippen LogP contribution < -0.4 is 4.74 Å². The number of ether oxygens (including phenoxy) is 1. The number of rotatable bonds is 7. The summed E-state index contributed by atoms with van der Waals surface area (Å²) < 4.78 is 6.03. The molecule has 0 radical (unpaired) electrons. The van der Waals surface area contributed by atoms with E-state index in [4.69, 9.17) is 10.00 Å². The summed E-state index contributed by atoms with van der Waals surface area (Å²) in [6.07, 6.45) is 1.09. The van der Waals surface area contributed by atoms with Crippen LogP contribution in [0.25, 0.3) is 11.1 Å². The maximum atomic E-state index is 8.88. The monoisotopic (exact) mass is 399 g/mol. The van der Waals surface area contributed by atoms with Crippen LogP contribution in [0.2, 0.25) is 0 Å². The molecule has 0 bridgehead atoms. The van der Waals surface area contributed by atoms with Crippen LogP contribution in [0.4, 0.5) is 0 Å². The van der Waals surface area contributed by atoms with Gasteiger partial charge in [0, 0.05) is 5.33 Å². The Hall–Kier alpha value is -1.79. The second kappa shape index (κ2) is 8.06. The third kappa shape index (κ3) is 5.90. The Bertz CT molecular complexity index is 724. The van der Waals surface area contributed by atoms with Gasteiger partial charge in [0.2, 0.25) is 0 Å². The van der Waals surface area contributed by atoms with Crippen LogP contribution in [0, 0.1) is 22.2 Å². The maximum Gasteiger partial charge on any atom is 0.119 e. The standard InChI is InChI=1S/C22H26BrNO/c1-21(2,15-23)14-22(3,4)16-25-20-11-9-19(10-12-20)18-7-5-17(13-24)6-8-18/h5-12H,14-16H2,1-4H3. The largest absolute Gasteiger partial charge is 0.493 e. The van der Waals surface area contributed by atoms with Gasteiger partial charge in [-0.25, -0.2) is 0 Å². The SMILES string of the molecule is CC(C)(CBr)CC(C)(C)COc1ccc(-c2ccc(C#N)cc2)cc1. The van der Waals surface area contributed by atoms with Crippen LogP contribution in [0.15, 0.2) is 48.5 Å². The van der Waals surface area contributed by atoms with E-state index < -0.39 is 0 Å². The Morgan fingerprint density at radius 3 is 1.88 bits per heavy atom. The van der Waals surface area contributed by atoms with Crippen molar-refractivity contribution in [2.24, 2.45) is 10.8 Å². The lowest BCUT2D eigenvalue weighted by molar-refractivity contribution is 0.127. The molecule has 0 aliphatic heterocycles. The number of halogens is 1. The van der Waals surface area contributed by atoms with Crippen molar-refractivity contribution in [1.82, 2.24) is 0 Å². The van der Waals surface area contributed by atoms with Gasteiger partial charge in [0.1, 0.15) is 5.75 Å². The summed E-state index contributed by atoms with van der Waals surface area (Å²) in [5, 5.41) is 9.87. The van der Waals surface area contributed by atoms with Crippen molar-refractivity contribution in [3.05, 3.63) is 54.1 Å². The van der Waals surface area contributed by atoms with Gasteiger partial charge >= 0.3 is 0 Å². The molecule has 3 heteroatoms. The van der Waals surface area contributed by atoms with E-state index in [0.29, 0.717) is 12.2 Å². The molecule has 0 fully saturated rings. The highest BCUT2D eigenvalue weighted by atomic mass is 79.9. The van der Waals surface area contributed by atoms with E-state index in [2.05, 4.69) is 61.8 Å². The molecule has 0 atom stereocenters. The lowest BCUT2D eigenvalue weighted by Crippen LogP contribution is -2.29. The average Bonchev–Trinajstić information content (AvgIpc) is 2.60. The van der Waals surface area contributed by atoms with Gasteiger partial charge in [-0.15, -0.1) is 0 Å². The smallest absolute Gasteiger partial charge is 0.119 e. The zero-order chi connectivity index (χ0) is 18.5. The molecule has 0 heterocycles. The van der Waals surface area contributed by atoms with E-state index in [1.54, 1.807) is 0 Å². The molecular weight excluding hydrogens is 374 g/mol. The van der Waals surface area contributed by atoms with Crippen molar-refractivity contribution in [2.45, 2.75) is 34.1 Å². The average molecular weight is 400 g/mol. The van der Waals surface area contributed by atoms with E-state index in [9.17, 15) is 0 Å². The molecule has 0 N–H and O–H groups in total. The molecule has 2 nitrogen and oxygen atoms in total. The van der Waals surface area contributed by atoms with Gasteiger partial charge in [-0.05, 0) is 52.6 Å². The van der Waals surface area contributed by atoms with Crippen LogP contribution >= 0.6 is 15.9 Å². The van der Waals surface area contributed by atoms with Crippen LogP contribution in [0.1, 0.15) is 39.7 Å². The molecule has 2 aromatic carbocycles. The van der Waals surface area contributed by atoms with Gasteiger partial charge in [0.05, 0.1) is 18.2 Å². The highest BCUT2D eigenvalue weighted by Crippen LogP contribution is 2.35. The predicted molar refractivity (Wildman–Crippen MR) is 108 cm³/mol. The summed E-state index contributed by atoms with van der Waals surface area (Å²) in [7, 11) is 0. The van der Waals surface area contributed by atoms with Crippen LogP contribution in [0.5, 0.6) is 5.75 Å². The first-order valence-corrected chi connectivity index (χ1v) is 9.66. The number of hydrogen-bond acceptors (Lipinski definition) is 2. The number of nitrogens with zero attached hydrogens (tertiary/aromatic N) is 1. The summed E-state index contributed by atoms with van der Waals surface area (Å²) in [5.41, 5.74) is 3.27. The lowest BCUT2D eigenvalue weighted by Gasteiger charge is -2.33. The number of hydrogen-bond donors (Lipinski definition) is 0. The highest BCUT2D eigenvalue weighted by molar-refractivity contribution is 9.09. The molecule has 0 unspecified atom stereocenters. The molecule has 0 spiro atoms. The van der Waals surface area contributed by atoms with Crippen molar-refractivity contribution in [2.75, 3.05) is 11.9 Å². The fourth-order valence-corrected chi connectivity index (χ4v) is 3.35. The Morgan fingerprint density at radius 1 is 0.880 bits per heavy atom. The molecule has 0 amide bonds. The number of alkyl halides is 1. The van der Waals surface area contributed by atoms with Gasteiger partial charge in [-0.1, -0.05) is 67.9 Å². The Morgan fingerprint density at radius 2 is 1.40 bits per heavy atom. The number of nitriles is 1. The van der Waals surface area contributed by atoms with Gasteiger partial charge in [-0.3, -0.25) is 0 Å². The first-order valence-electron chi connectivity index (χ1n) is 8.54. The Balaban J connectivity index is 1.99. The summed E-state index contributed by atoms with van der Waals surface area (Å²) in [6.45, 7) is 9.75. The second-order valence-corrected chi connectivity index (χ2v) is 8.70. The first-order chi connectivity index (χ1) is 11.7. The molecule has 2 aromatic rings. The summed E-state index contributed by atoms with van der Waals surface area (Å²) >= 11 is 3.60. The third-order valence-corrected chi connectivity index (χ3v) is 5.67. The van der Waals surface area contributed by atoms with E-state index in [1.807, 2.05) is 36.4 Å². The van der Waals surface area contributed by atoms with E-state index >= 15 is 0 Å². The van der Waals surface area contributed by atoms with Crippen molar-refractivity contribution >= 4 is 15.9 Å². The zero-order valence-corrected chi connectivity index (χ0v) is 17.1. The number of benzene rings is 2. The summed E-state index contributed by atoms with van der Waals surface area (Å²) in [4.78, 5) is 0. The van der Waals surface area contributed by atoms with Crippen molar-refractivity contribution in [3.8, 4) is 22.9 Å². The van der Waals surface area contributed by atoms with Crippen LogP contribution in [0.3, 0.4) is 0 Å². The van der Waals surface area contributed by atoms with Crippen molar-refractivity contribution < 1.29 is 4.74 Å². The minimum absolute atomic E-state index is 0.114. The van der Waals surface area contributed by atoms with E-state index in [-0.39, 0.29) is 10.8 Å². The maximum absolute atomic E-state index is 8.88. The Labute approximate surface area is 160 Å². The fraction of sp³-hybridized carbons (Fsp3) is 0.409. The third-order valence-electron chi connectivity index (χ3n) is 4.15. The molecule has 0 aromatic heterocycles. The zero-order valence-electron chi connectivity index (χ0n) is 15.5. The van der Waals surface area contributed by atoms with Crippen molar-refractivity contribution in [3.63, 3.8) is 0 Å². The van der Waals surface area contributed by atoms with Gasteiger partial charge in [0.25, 0.3) is 0 Å². The van der Waals surface area contributed by atoms with E-state index in [1.165, 1.54) is 0 Å². The predicted octanol–water partition coefficient (Wildman–Crippen LogP) is 6.44. The minimum Gasteiger partial charge on any atom is -0.493 e. The first kappa shape index (κ1) is 19.5. The Kier molecular flexibility index (Phi) is 6.30. The van der Waals surface area contributed by atoms with Gasteiger partial charge in [-0.2, -0.15) is 5.26 Å². The van der Waals surface area contributed by atoms with Crippen molar-refractivity contribution in [1.29, 1.82) is 5.26 Å². The summed E-state index contributed by atoms with van der Waals surface area (Å²) in [5.74, 6) is 0.891.